The second-order valence-corrected chi connectivity index (χ2v) is 5.75. The smallest absolute Gasteiger partial charge is 0.253 e. The van der Waals surface area contributed by atoms with Gasteiger partial charge in [0.15, 0.2) is 0 Å². The van der Waals surface area contributed by atoms with Gasteiger partial charge in [-0.25, -0.2) is 0 Å². The molecule has 5 heteroatoms. The quantitative estimate of drug-likeness (QED) is 0.760. The van der Waals surface area contributed by atoms with Gasteiger partial charge in [0.2, 0.25) is 0 Å². The van der Waals surface area contributed by atoms with Crippen LogP contribution in [0.4, 0.5) is 11.4 Å². The highest BCUT2D eigenvalue weighted by molar-refractivity contribution is 6.00. The first-order chi connectivity index (χ1) is 10.7. The summed E-state index contributed by atoms with van der Waals surface area (Å²) in [6, 6.07) is 17.4. The molecule has 1 unspecified atom stereocenters. The molecule has 1 saturated carbocycles. The normalized spacial score (nSPS) is 14.5. The minimum absolute atomic E-state index is 0. The molecule has 0 radical (unpaired) electrons. The van der Waals surface area contributed by atoms with Gasteiger partial charge in [-0.1, -0.05) is 30.3 Å². The molecule has 1 amide bonds. The Hall–Kier alpha value is -2.04. The zero-order valence-corrected chi connectivity index (χ0v) is 13.7. The monoisotopic (exact) mass is 331 g/mol. The van der Waals surface area contributed by atoms with Crippen LogP contribution in [0.15, 0.2) is 54.6 Å². The van der Waals surface area contributed by atoms with Gasteiger partial charge in [-0.3, -0.25) is 4.79 Å². The minimum atomic E-state index is -0.0878. The van der Waals surface area contributed by atoms with Gasteiger partial charge in [-0.15, -0.1) is 12.4 Å². The first-order valence-corrected chi connectivity index (χ1v) is 7.69. The van der Waals surface area contributed by atoms with E-state index in [9.17, 15) is 4.79 Å². The van der Waals surface area contributed by atoms with Crippen LogP contribution in [0.2, 0.25) is 0 Å². The molecule has 2 aromatic carbocycles. The number of hydrogen-bond donors (Lipinski definition) is 3. The van der Waals surface area contributed by atoms with Crippen molar-refractivity contribution >= 4 is 29.7 Å². The fourth-order valence-corrected chi connectivity index (χ4v) is 2.46. The number of para-hydroxylation sites is 2. The lowest BCUT2D eigenvalue weighted by Gasteiger charge is -2.14. The van der Waals surface area contributed by atoms with Gasteiger partial charge in [-0.2, -0.15) is 0 Å². The molecule has 1 aliphatic carbocycles. The Morgan fingerprint density at radius 2 is 1.74 bits per heavy atom. The molecule has 4 nitrogen and oxygen atoms in total. The fourth-order valence-electron chi connectivity index (χ4n) is 2.46. The Balaban J connectivity index is 0.00000192. The number of benzene rings is 2. The molecule has 2 aromatic rings. The van der Waals surface area contributed by atoms with Gasteiger partial charge in [0.1, 0.15) is 0 Å². The van der Waals surface area contributed by atoms with Gasteiger partial charge in [0.25, 0.3) is 5.91 Å². The molecule has 0 spiro atoms. The summed E-state index contributed by atoms with van der Waals surface area (Å²) in [7, 11) is 0. The number of carbonyl (C=O) groups excluding carboxylic acids is 1. The summed E-state index contributed by atoms with van der Waals surface area (Å²) in [5, 5.41) is 6.23. The van der Waals surface area contributed by atoms with Crippen molar-refractivity contribution in [3.63, 3.8) is 0 Å². The Morgan fingerprint density at radius 1 is 1.09 bits per heavy atom. The number of halogens is 1. The van der Waals surface area contributed by atoms with Crippen molar-refractivity contribution in [3.8, 4) is 0 Å². The number of hydrogen-bond acceptors (Lipinski definition) is 3. The summed E-state index contributed by atoms with van der Waals surface area (Å²) in [6.07, 6.45) is 2.37. The first-order valence-electron chi connectivity index (χ1n) is 7.69. The third-order valence-electron chi connectivity index (χ3n) is 3.95. The van der Waals surface area contributed by atoms with E-state index in [0.717, 1.165) is 11.4 Å². The van der Waals surface area contributed by atoms with E-state index in [2.05, 4.69) is 10.6 Å². The molecule has 4 N–H and O–H groups in total. The van der Waals surface area contributed by atoms with Crippen LogP contribution in [-0.2, 0) is 0 Å². The predicted molar refractivity (Wildman–Crippen MR) is 96.4 cm³/mol. The van der Waals surface area contributed by atoms with E-state index in [4.69, 9.17) is 5.73 Å². The minimum Gasteiger partial charge on any atom is -0.355 e. The second kappa shape index (κ2) is 7.99. The molecule has 1 fully saturated rings. The molecule has 1 aliphatic rings. The maximum atomic E-state index is 12.4. The van der Waals surface area contributed by atoms with Crippen LogP contribution in [0.1, 0.15) is 23.2 Å². The highest BCUT2D eigenvalue weighted by atomic mass is 35.5. The van der Waals surface area contributed by atoms with Crippen LogP contribution < -0.4 is 16.4 Å². The second-order valence-electron chi connectivity index (χ2n) is 5.75. The van der Waals surface area contributed by atoms with E-state index < -0.39 is 0 Å². The molecule has 0 aliphatic heterocycles. The van der Waals surface area contributed by atoms with Crippen LogP contribution in [0.25, 0.3) is 0 Å². The van der Waals surface area contributed by atoms with E-state index in [1.54, 1.807) is 0 Å². The van der Waals surface area contributed by atoms with Gasteiger partial charge in [-0.05, 0) is 43.0 Å². The number of rotatable bonds is 6. The molecular formula is C18H22ClN3O. The summed E-state index contributed by atoms with van der Waals surface area (Å²) in [5.74, 6) is 0.494. The Morgan fingerprint density at radius 3 is 2.43 bits per heavy atom. The molecule has 0 heterocycles. The average Bonchev–Trinajstić information content (AvgIpc) is 3.39. The maximum absolute atomic E-state index is 12.4. The Kier molecular flexibility index (Phi) is 6.02. The van der Waals surface area contributed by atoms with Crippen LogP contribution in [0, 0.1) is 5.92 Å². The Bertz CT molecular complexity index is 644. The summed E-state index contributed by atoms with van der Waals surface area (Å²) in [5.41, 5.74) is 8.42. The summed E-state index contributed by atoms with van der Waals surface area (Å²) >= 11 is 0. The van der Waals surface area contributed by atoms with Crippen molar-refractivity contribution in [2.45, 2.75) is 18.9 Å². The van der Waals surface area contributed by atoms with Crippen molar-refractivity contribution in [2.24, 2.45) is 11.7 Å². The van der Waals surface area contributed by atoms with Gasteiger partial charge >= 0.3 is 0 Å². The summed E-state index contributed by atoms with van der Waals surface area (Å²) in [6.45, 7) is 0.531. The standard InChI is InChI=1S/C18H21N3O.ClH/c19-16(13-10-11-13)12-20-18(22)15-8-4-5-9-17(15)21-14-6-2-1-3-7-14;/h1-9,13,16,21H,10-12,19H2,(H,20,22);1H. The molecule has 3 rings (SSSR count). The molecule has 0 aromatic heterocycles. The summed E-state index contributed by atoms with van der Waals surface area (Å²) in [4.78, 5) is 12.4. The van der Waals surface area contributed by atoms with Crippen molar-refractivity contribution in [1.82, 2.24) is 5.32 Å². The van der Waals surface area contributed by atoms with Crippen molar-refractivity contribution in [1.29, 1.82) is 0 Å². The van der Waals surface area contributed by atoms with Crippen molar-refractivity contribution in [2.75, 3.05) is 11.9 Å². The molecule has 122 valence electrons. The van der Waals surface area contributed by atoms with Crippen LogP contribution in [-0.4, -0.2) is 18.5 Å². The van der Waals surface area contributed by atoms with E-state index in [1.807, 2.05) is 54.6 Å². The average molecular weight is 332 g/mol. The lowest BCUT2D eigenvalue weighted by molar-refractivity contribution is 0.0951. The van der Waals surface area contributed by atoms with Crippen LogP contribution >= 0.6 is 12.4 Å². The lowest BCUT2D eigenvalue weighted by Crippen LogP contribution is -2.38. The molecule has 1 atom stereocenters. The van der Waals surface area contributed by atoms with E-state index in [1.165, 1.54) is 12.8 Å². The molecular weight excluding hydrogens is 310 g/mol. The lowest BCUT2D eigenvalue weighted by atomic mass is 10.1. The van der Waals surface area contributed by atoms with E-state index in [-0.39, 0.29) is 24.4 Å². The predicted octanol–water partition coefficient (Wildman–Crippen LogP) is 3.32. The highest BCUT2D eigenvalue weighted by Crippen LogP contribution is 2.31. The third-order valence-corrected chi connectivity index (χ3v) is 3.95. The van der Waals surface area contributed by atoms with Crippen molar-refractivity contribution in [3.05, 3.63) is 60.2 Å². The van der Waals surface area contributed by atoms with Gasteiger partial charge < -0.3 is 16.4 Å². The maximum Gasteiger partial charge on any atom is 0.253 e. The molecule has 23 heavy (non-hydrogen) atoms. The van der Waals surface area contributed by atoms with Crippen LogP contribution in [0.3, 0.4) is 0 Å². The zero-order valence-electron chi connectivity index (χ0n) is 12.9. The SMILES string of the molecule is Cl.NC(CNC(=O)c1ccccc1Nc1ccccc1)C1CC1. The third kappa shape index (κ3) is 4.71. The zero-order chi connectivity index (χ0) is 15.4. The summed E-state index contributed by atoms with van der Waals surface area (Å²) < 4.78 is 0. The van der Waals surface area contributed by atoms with Gasteiger partial charge in [0.05, 0.1) is 11.3 Å². The number of nitrogens with two attached hydrogens (primary N) is 1. The first kappa shape index (κ1) is 17.3. The molecule has 0 bridgehead atoms. The van der Waals surface area contributed by atoms with Crippen LogP contribution in [0.5, 0.6) is 0 Å². The highest BCUT2D eigenvalue weighted by Gasteiger charge is 2.28. The van der Waals surface area contributed by atoms with E-state index in [0.29, 0.717) is 18.0 Å². The fraction of sp³-hybridized carbons (Fsp3) is 0.278. The number of amides is 1. The number of anilines is 2. The van der Waals surface area contributed by atoms with Gasteiger partial charge in [0, 0.05) is 18.3 Å². The largest absolute Gasteiger partial charge is 0.355 e. The molecule has 0 saturated heterocycles. The Labute approximate surface area is 142 Å². The van der Waals surface area contributed by atoms with E-state index >= 15 is 0 Å². The number of nitrogens with one attached hydrogen (secondary N) is 2. The topological polar surface area (TPSA) is 67.1 Å². The van der Waals surface area contributed by atoms with Crippen molar-refractivity contribution < 1.29 is 4.79 Å². The number of carbonyl (C=O) groups is 1.